The number of rotatable bonds is 5. The van der Waals surface area contributed by atoms with E-state index in [0.717, 1.165) is 5.56 Å². The number of nitrogens with two attached hydrogens (primary N) is 1. The van der Waals surface area contributed by atoms with E-state index in [1.807, 2.05) is 19.1 Å². The topological polar surface area (TPSA) is 76.3 Å². The Bertz CT molecular complexity index is 715. The number of benzene rings is 1. The van der Waals surface area contributed by atoms with Gasteiger partial charge in [0, 0.05) is 31.2 Å². The minimum Gasteiger partial charge on any atom is -0.399 e. The molecule has 2 rings (SSSR count). The highest BCUT2D eigenvalue weighted by Crippen LogP contribution is 2.23. The maximum absolute atomic E-state index is 12.8. The van der Waals surface area contributed by atoms with E-state index < -0.39 is 10.0 Å². The zero-order chi connectivity index (χ0) is 15.5. The van der Waals surface area contributed by atoms with Crippen molar-refractivity contribution in [2.75, 3.05) is 12.3 Å². The first kappa shape index (κ1) is 15.5. The number of hydrogen-bond donors (Lipinski definition) is 1. The molecule has 21 heavy (non-hydrogen) atoms. The van der Waals surface area contributed by atoms with Crippen LogP contribution < -0.4 is 5.73 Å². The Balaban J connectivity index is 2.36. The number of nitrogens with zero attached hydrogens (tertiary/aromatic N) is 2. The highest BCUT2D eigenvalue weighted by molar-refractivity contribution is 7.89. The fourth-order valence-corrected chi connectivity index (χ4v) is 3.80. The molecule has 2 aromatic rings. The Morgan fingerprint density at radius 3 is 2.43 bits per heavy atom. The van der Waals surface area contributed by atoms with Gasteiger partial charge < -0.3 is 5.73 Å². The molecule has 0 bridgehead atoms. The first-order chi connectivity index (χ1) is 9.95. The number of hydrogen-bond acceptors (Lipinski definition) is 4. The van der Waals surface area contributed by atoms with Gasteiger partial charge >= 0.3 is 0 Å². The SMILES string of the molecule is CCN(Cc1ccncc1)S(=O)(=O)c1ccc(N)cc1C. The molecule has 1 aromatic heterocycles. The molecule has 0 unspecified atom stereocenters. The lowest BCUT2D eigenvalue weighted by Gasteiger charge is -2.21. The Labute approximate surface area is 125 Å². The van der Waals surface area contributed by atoms with Crippen LogP contribution in [-0.4, -0.2) is 24.3 Å². The summed E-state index contributed by atoms with van der Waals surface area (Å²) in [5, 5.41) is 0. The third-order valence-corrected chi connectivity index (χ3v) is 5.36. The zero-order valence-electron chi connectivity index (χ0n) is 12.2. The van der Waals surface area contributed by atoms with Crippen molar-refractivity contribution in [3.63, 3.8) is 0 Å². The van der Waals surface area contributed by atoms with Crippen LogP contribution in [0, 0.1) is 6.92 Å². The minimum absolute atomic E-state index is 0.299. The van der Waals surface area contributed by atoms with Crippen LogP contribution in [0.4, 0.5) is 5.69 Å². The second-order valence-electron chi connectivity index (χ2n) is 4.81. The minimum atomic E-state index is -3.54. The van der Waals surface area contributed by atoms with Gasteiger partial charge in [-0.15, -0.1) is 0 Å². The summed E-state index contributed by atoms with van der Waals surface area (Å²) >= 11 is 0. The summed E-state index contributed by atoms with van der Waals surface area (Å²) in [5.74, 6) is 0. The molecule has 0 spiro atoms. The van der Waals surface area contributed by atoms with Crippen molar-refractivity contribution < 1.29 is 8.42 Å². The summed E-state index contributed by atoms with van der Waals surface area (Å²) in [6.45, 7) is 4.30. The quantitative estimate of drug-likeness (QED) is 0.859. The largest absolute Gasteiger partial charge is 0.399 e. The molecule has 0 aliphatic heterocycles. The van der Waals surface area contributed by atoms with Gasteiger partial charge in [0.1, 0.15) is 0 Å². The third-order valence-electron chi connectivity index (χ3n) is 3.28. The molecule has 0 atom stereocenters. The lowest BCUT2D eigenvalue weighted by Crippen LogP contribution is -2.31. The predicted octanol–water partition coefficient (Wildman–Crippen LogP) is 2.18. The van der Waals surface area contributed by atoms with Crippen LogP contribution >= 0.6 is 0 Å². The Morgan fingerprint density at radius 2 is 1.86 bits per heavy atom. The maximum Gasteiger partial charge on any atom is 0.243 e. The summed E-state index contributed by atoms with van der Waals surface area (Å²) in [4.78, 5) is 4.24. The van der Waals surface area contributed by atoms with E-state index in [1.54, 1.807) is 37.5 Å². The number of aromatic nitrogens is 1. The molecule has 2 N–H and O–H groups in total. The molecular formula is C15H19N3O2S. The Kier molecular flexibility index (Phi) is 4.59. The molecule has 1 heterocycles. The maximum atomic E-state index is 12.8. The third kappa shape index (κ3) is 3.40. The van der Waals surface area contributed by atoms with Crippen molar-refractivity contribution in [1.82, 2.24) is 9.29 Å². The van der Waals surface area contributed by atoms with Gasteiger partial charge in [-0.3, -0.25) is 4.98 Å². The molecule has 112 valence electrons. The monoisotopic (exact) mass is 305 g/mol. The van der Waals surface area contributed by atoms with Gasteiger partial charge in [0.15, 0.2) is 0 Å². The molecule has 1 aromatic carbocycles. The normalized spacial score (nSPS) is 11.8. The second-order valence-corrected chi connectivity index (χ2v) is 6.72. The van der Waals surface area contributed by atoms with Crippen molar-refractivity contribution in [3.05, 3.63) is 53.9 Å². The molecule has 0 aliphatic carbocycles. The average Bonchev–Trinajstić information content (AvgIpc) is 2.45. The summed E-state index contributed by atoms with van der Waals surface area (Å²) in [7, 11) is -3.54. The van der Waals surface area contributed by atoms with E-state index in [0.29, 0.717) is 29.2 Å². The van der Waals surface area contributed by atoms with Gasteiger partial charge in [-0.05, 0) is 48.4 Å². The van der Waals surface area contributed by atoms with Crippen LogP contribution in [0.1, 0.15) is 18.1 Å². The van der Waals surface area contributed by atoms with E-state index in [1.165, 1.54) is 4.31 Å². The number of nitrogen functional groups attached to an aromatic ring is 1. The molecule has 0 amide bonds. The lowest BCUT2D eigenvalue weighted by molar-refractivity contribution is 0.423. The van der Waals surface area contributed by atoms with Crippen LogP contribution in [0.5, 0.6) is 0 Å². The molecular weight excluding hydrogens is 286 g/mol. The van der Waals surface area contributed by atoms with Gasteiger partial charge in [0.2, 0.25) is 10.0 Å². The second kappa shape index (κ2) is 6.24. The van der Waals surface area contributed by atoms with E-state index in [-0.39, 0.29) is 0 Å². The molecule has 5 nitrogen and oxygen atoms in total. The predicted molar refractivity (Wildman–Crippen MR) is 83.1 cm³/mol. The van der Waals surface area contributed by atoms with Crippen molar-refractivity contribution in [2.45, 2.75) is 25.3 Å². The fourth-order valence-electron chi connectivity index (χ4n) is 2.16. The van der Waals surface area contributed by atoms with Gasteiger partial charge in [0.25, 0.3) is 0 Å². The molecule has 6 heteroatoms. The smallest absolute Gasteiger partial charge is 0.243 e. The van der Waals surface area contributed by atoms with Crippen LogP contribution in [0.25, 0.3) is 0 Å². The first-order valence-corrected chi connectivity index (χ1v) is 8.14. The van der Waals surface area contributed by atoms with E-state index in [2.05, 4.69) is 4.98 Å². The molecule has 0 saturated carbocycles. The highest BCUT2D eigenvalue weighted by Gasteiger charge is 2.24. The standard InChI is InChI=1S/C15H19N3O2S/c1-3-18(11-13-6-8-17-9-7-13)21(19,20)15-5-4-14(16)10-12(15)2/h4-10H,3,11,16H2,1-2H3. The van der Waals surface area contributed by atoms with E-state index in [4.69, 9.17) is 5.73 Å². The number of pyridine rings is 1. The lowest BCUT2D eigenvalue weighted by atomic mass is 10.2. The van der Waals surface area contributed by atoms with Crippen LogP contribution in [-0.2, 0) is 16.6 Å². The Hall–Kier alpha value is -1.92. The molecule has 0 aliphatic rings. The van der Waals surface area contributed by atoms with Crippen LogP contribution in [0.15, 0.2) is 47.6 Å². The fraction of sp³-hybridized carbons (Fsp3) is 0.267. The van der Waals surface area contributed by atoms with Gasteiger partial charge in [-0.2, -0.15) is 4.31 Å². The summed E-state index contributed by atoms with van der Waals surface area (Å²) < 4.78 is 27.0. The summed E-state index contributed by atoms with van der Waals surface area (Å²) in [6, 6.07) is 8.48. The molecule has 0 fully saturated rings. The molecule has 0 saturated heterocycles. The van der Waals surface area contributed by atoms with E-state index >= 15 is 0 Å². The van der Waals surface area contributed by atoms with Crippen molar-refractivity contribution >= 4 is 15.7 Å². The van der Waals surface area contributed by atoms with E-state index in [9.17, 15) is 8.42 Å². The van der Waals surface area contributed by atoms with Crippen molar-refractivity contribution in [2.24, 2.45) is 0 Å². The number of anilines is 1. The van der Waals surface area contributed by atoms with Crippen molar-refractivity contribution in [1.29, 1.82) is 0 Å². The zero-order valence-corrected chi connectivity index (χ0v) is 13.0. The summed E-state index contributed by atoms with van der Waals surface area (Å²) in [6.07, 6.45) is 3.31. The number of aryl methyl sites for hydroxylation is 1. The van der Waals surface area contributed by atoms with Gasteiger partial charge in [-0.1, -0.05) is 6.92 Å². The van der Waals surface area contributed by atoms with Crippen LogP contribution in [0.2, 0.25) is 0 Å². The first-order valence-electron chi connectivity index (χ1n) is 6.70. The number of sulfonamides is 1. The Morgan fingerprint density at radius 1 is 1.19 bits per heavy atom. The van der Waals surface area contributed by atoms with Crippen LogP contribution in [0.3, 0.4) is 0 Å². The average molecular weight is 305 g/mol. The summed E-state index contributed by atoms with van der Waals surface area (Å²) in [5.41, 5.74) is 7.81. The van der Waals surface area contributed by atoms with Crippen molar-refractivity contribution in [3.8, 4) is 0 Å². The molecule has 0 radical (unpaired) electrons. The van der Waals surface area contributed by atoms with Gasteiger partial charge in [-0.25, -0.2) is 8.42 Å². The van der Waals surface area contributed by atoms with Gasteiger partial charge in [0.05, 0.1) is 4.90 Å². The highest BCUT2D eigenvalue weighted by atomic mass is 32.2.